The number of nitrogens with zero attached hydrogens (tertiary/aromatic N) is 2. The van der Waals surface area contributed by atoms with Crippen LogP contribution < -0.4 is 5.32 Å². The number of rotatable bonds is 3. The summed E-state index contributed by atoms with van der Waals surface area (Å²) in [5.41, 5.74) is 2.47. The summed E-state index contributed by atoms with van der Waals surface area (Å²) in [6.07, 6.45) is 1.87. The Morgan fingerprint density at radius 3 is 2.91 bits per heavy atom. The molecule has 0 saturated heterocycles. The number of carbonyl (C=O) groups is 1. The molecule has 1 aliphatic carbocycles. The molecule has 0 radical (unpaired) electrons. The zero-order valence-electron chi connectivity index (χ0n) is 11.7. The van der Waals surface area contributed by atoms with Crippen molar-refractivity contribution >= 4 is 34.1 Å². The second-order valence-corrected chi connectivity index (χ2v) is 7.55. The number of hydrogen-bond acceptors (Lipinski definition) is 3. The molecule has 1 aromatic carbocycles. The molecule has 114 valence electrons. The van der Waals surface area contributed by atoms with Crippen LogP contribution in [0, 0.1) is 5.92 Å². The number of aromatic nitrogens is 2. The fourth-order valence-corrected chi connectivity index (χ4v) is 4.06. The van der Waals surface area contributed by atoms with Crippen LogP contribution in [0.15, 0.2) is 24.3 Å². The summed E-state index contributed by atoms with van der Waals surface area (Å²) >= 11 is 6.05. The fraction of sp³-hybridized carbons (Fsp3) is 0.333. The number of hydrogen-bond donors (Lipinski definition) is 1. The molecule has 1 aromatic heterocycles. The van der Waals surface area contributed by atoms with E-state index in [0.29, 0.717) is 22.3 Å². The van der Waals surface area contributed by atoms with Crippen molar-refractivity contribution in [1.82, 2.24) is 9.78 Å². The van der Waals surface area contributed by atoms with Crippen LogP contribution in [0.5, 0.6) is 0 Å². The van der Waals surface area contributed by atoms with Gasteiger partial charge in [0.25, 0.3) is 0 Å². The predicted octanol–water partition coefficient (Wildman–Crippen LogP) is 2.64. The highest BCUT2D eigenvalue weighted by atomic mass is 35.5. The second kappa shape index (κ2) is 5.21. The van der Waals surface area contributed by atoms with Gasteiger partial charge < -0.3 is 5.32 Å². The van der Waals surface area contributed by atoms with Crippen molar-refractivity contribution in [1.29, 1.82) is 0 Å². The zero-order chi connectivity index (χ0) is 15.3. The van der Waals surface area contributed by atoms with Crippen molar-refractivity contribution in [2.45, 2.75) is 24.3 Å². The number of carbonyl (C=O) groups excluding carboxylic acids is 1. The van der Waals surface area contributed by atoms with Gasteiger partial charge in [0.2, 0.25) is 5.91 Å². The van der Waals surface area contributed by atoms with E-state index in [4.69, 9.17) is 11.6 Å². The number of fused-ring (bicyclic) bond motifs is 1. The minimum absolute atomic E-state index is 0.0173. The zero-order valence-corrected chi connectivity index (χ0v) is 13.3. The SMILES string of the molecule is O=C(Nc1c2c(nn1-c1cccc(Cl)c1)C[S@@](=O)C2)C1CC1. The Hall–Kier alpha value is -1.66. The molecule has 1 N–H and O–H groups in total. The molecule has 1 atom stereocenters. The summed E-state index contributed by atoms with van der Waals surface area (Å²) < 4.78 is 13.5. The van der Waals surface area contributed by atoms with Gasteiger partial charge in [-0.05, 0) is 31.0 Å². The standard InChI is InChI=1S/C15H14ClN3O2S/c16-10-2-1-3-11(6-10)19-14(17-15(20)9-4-5-9)12-7-22(21)8-13(12)18-19/h1-3,6,9H,4-5,7-8H2,(H,17,20)/t22-/m0/s1. The predicted molar refractivity (Wildman–Crippen MR) is 85.5 cm³/mol. The summed E-state index contributed by atoms with van der Waals surface area (Å²) in [6.45, 7) is 0. The first-order valence-electron chi connectivity index (χ1n) is 7.14. The van der Waals surface area contributed by atoms with E-state index in [9.17, 15) is 9.00 Å². The van der Waals surface area contributed by atoms with Crippen LogP contribution in [0.2, 0.25) is 5.02 Å². The van der Waals surface area contributed by atoms with Gasteiger partial charge in [0, 0.05) is 27.3 Å². The van der Waals surface area contributed by atoms with Gasteiger partial charge in [-0.1, -0.05) is 17.7 Å². The van der Waals surface area contributed by atoms with Crippen molar-refractivity contribution in [3.63, 3.8) is 0 Å². The van der Waals surface area contributed by atoms with E-state index in [0.717, 1.165) is 29.8 Å². The number of amides is 1. The molecule has 0 spiro atoms. The molecule has 1 amide bonds. The van der Waals surface area contributed by atoms with Crippen molar-refractivity contribution in [3.05, 3.63) is 40.5 Å². The normalized spacial score (nSPS) is 20.0. The van der Waals surface area contributed by atoms with Crippen molar-refractivity contribution in [3.8, 4) is 5.69 Å². The largest absolute Gasteiger partial charge is 0.310 e. The summed E-state index contributed by atoms with van der Waals surface area (Å²) in [7, 11) is -0.931. The molecule has 7 heteroatoms. The highest BCUT2D eigenvalue weighted by Gasteiger charge is 2.33. The maximum Gasteiger partial charge on any atom is 0.228 e. The van der Waals surface area contributed by atoms with Gasteiger partial charge in [0.15, 0.2) is 0 Å². The van der Waals surface area contributed by atoms with Crippen molar-refractivity contribution in [2.75, 3.05) is 5.32 Å². The number of anilines is 1. The third kappa shape index (κ3) is 2.46. The van der Waals surface area contributed by atoms with Crippen LogP contribution in [-0.4, -0.2) is 19.9 Å². The van der Waals surface area contributed by atoms with E-state index in [1.165, 1.54) is 0 Å². The Labute approximate surface area is 135 Å². The van der Waals surface area contributed by atoms with E-state index in [1.807, 2.05) is 12.1 Å². The van der Waals surface area contributed by atoms with E-state index in [-0.39, 0.29) is 11.8 Å². The Balaban J connectivity index is 1.79. The summed E-state index contributed by atoms with van der Waals surface area (Å²) in [6, 6.07) is 7.32. The smallest absolute Gasteiger partial charge is 0.228 e. The lowest BCUT2D eigenvalue weighted by molar-refractivity contribution is -0.117. The molecule has 5 nitrogen and oxygen atoms in total. The van der Waals surface area contributed by atoms with Crippen molar-refractivity contribution < 1.29 is 9.00 Å². The highest BCUT2D eigenvalue weighted by Crippen LogP contribution is 2.35. The maximum atomic E-state index is 12.2. The van der Waals surface area contributed by atoms with Crippen LogP contribution in [0.25, 0.3) is 5.69 Å². The molecule has 2 heterocycles. The first kappa shape index (κ1) is 14.0. The van der Waals surface area contributed by atoms with E-state index in [2.05, 4.69) is 10.4 Å². The summed E-state index contributed by atoms with van der Waals surface area (Å²) in [5, 5.41) is 8.12. The van der Waals surface area contributed by atoms with Crippen LogP contribution in [-0.2, 0) is 27.1 Å². The molecule has 0 unspecified atom stereocenters. The van der Waals surface area contributed by atoms with Crippen LogP contribution in [0.3, 0.4) is 0 Å². The summed E-state index contributed by atoms with van der Waals surface area (Å²) in [4.78, 5) is 12.2. The van der Waals surface area contributed by atoms with Gasteiger partial charge in [0.05, 0.1) is 22.9 Å². The maximum absolute atomic E-state index is 12.2. The Morgan fingerprint density at radius 1 is 1.36 bits per heavy atom. The van der Waals surface area contributed by atoms with Crippen LogP contribution >= 0.6 is 11.6 Å². The Morgan fingerprint density at radius 2 is 2.18 bits per heavy atom. The molecule has 1 saturated carbocycles. The first-order chi connectivity index (χ1) is 10.6. The molecule has 22 heavy (non-hydrogen) atoms. The third-order valence-electron chi connectivity index (χ3n) is 3.91. The molecular formula is C15H14ClN3O2S. The molecule has 0 bridgehead atoms. The quantitative estimate of drug-likeness (QED) is 0.937. The highest BCUT2D eigenvalue weighted by molar-refractivity contribution is 7.83. The van der Waals surface area contributed by atoms with Gasteiger partial charge in [-0.2, -0.15) is 5.10 Å². The fourth-order valence-electron chi connectivity index (χ4n) is 2.62. The number of nitrogens with one attached hydrogen (secondary N) is 1. The molecule has 2 aromatic rings. The van der Waals surface area contributed by atoms with Crippen LogP contribution in [0.4, 0.5) is 5.82 Å². The lowest BCUT2D eigenvalue weighted by Crippen LogP contribution is -2.17. The van der Waals surface area contributed by atoms with Gasteiger partial charge in [0.1, 0.15) is 5.82 Å². The lowest BCUT2D eigenvalue weighted by atomic mass is 10.2. The number of halogens is 1. The second-order valence-electron chi connectivity index (χ2n) is 5.66. The van der Waals surface area contributed by atoms with Crippen LogP contribution in [0.1, 0.15) is 24.1 Å². The van der Waals surface area contributed by atoms with Crippen molar-refractivity contribution in [2.24, 2.45) is 5.92 Å². The minimum atomic E-state index is -0.931. The summed E-state index contributed by atoms with van der Waals surface area (Å²) in [5.74, 6) is 1.64. The van der Waals surface area contributed by atoms with Gasteiger partial charge in [-0.15, -0.1) is 0 Å². The average molecular weight is 336 g/mol. The molecular weight excluding hydrogens is 322 g/mol. The Bertz CT molecular complexity index is 798. The number of benzene rings is 1. The molecule has 1 fully saturated rings. The molecule has 4 rings (SSSR count). The van der Waals surface area contributed by atoms with Gasteiger partial charge in [-0.3, -0.25) is 9.00 Å². The average Bonchev–Trinajstić information content (AvgIpc) is 3.20. The van der Waals surface area contributed by atoms with E-state index < -0.39 is 10.8 Å². The first-order valence-corrected chi connectivity index (χ1v) is 9.01. The van der Waals surface area contributed by atoms with Gasteiger partial charge in [-0.25, -0.2) is 4.68 Å². The minimum Gasteiger partial charge on any atom is -0.310 e. The molecule has 2 aliphatic rings. The molecule has 1 aliphatic heterocycles. The topological polar surface area (TPSA) is 64.0 Å². The lowest BCUT2D eigenvalue weighted by Gasteiger charge is -2.11. The van der Waals surface area contributed by atoms with Gasteiger partial charge >= 0.3 is 0 Å². The Kier molecular flexibility index (Phi) is 3.31. The monoisotopic (exact) mass is 335 g/mol. The van der Waals surface area contributed by atoms with E-state index in [1.54, 1.807) is 16.8 Å². The third-order valence-corrected chi connectivity index (χ3v) is 5.35. The van der Waals surface area contributed by atoms with E-state index >= 15 is 0 Å².